The molecule has 1 aromatic carbocycles. The van der Waals surface area contributed by atoms with Crippen molar-refractivity contribution in [2.75, 3.05) is 13.7 Å². The van der Waals surface area contributed by atoms with E-state index in [1.165, 1.54) is 0 Å². The van der Waals surface area contributed by atoms with Crippen molar-refractivity contribution in [2.24, 2.45) is 0 Å². The molecule has 114 valence electrons. The number of carboxylic acid groups (broad SMARTS) is 1. The van der Waals surface area contributed by atoms with Gasteiger partial charge in [0.05, 0.1) is 13.5 Å². The second-order valence-corrected chi connectivity index (χ2v) is 5.33. The van der Waals surface area contributed by atoms with E-state index in [0.29, 0.717) is 19.4 Å². The van der Waals surface area contributed by atoms with Crippen molar-refractivity contribution in [3.8, 4) is 5.75 Å². The lowest BCUT2D eigenvalue weighted by molar-refractivity contribution is -0.139. The molecule has 5 heteroatoms. The van der Waals surface area contributed by atoms with Crippen molar-refractivity contribution in [3.05, 3.63) is 29.8 Å². The van der Waals surface area contributed by atoms with Crippen molar-refractivity contribution in [2.45, 2.75) is 38.1 Å². The van der Waals surface area contributed by atoms with Gasteiger partial charge in [0.15, 0.2) is 0 Å². The number of aryl methyl sites for hydroxylation is 1. The number of hydrogen-bond donors (Lipinski definition) is 1. The van der Waals surface area contributed by atoms with Gasteiger partial charge < -0.3 is 14.7 Å². The van der Waals surface area contributed by atoms with Crippen molar-refractivity contribution < 1.29 is 19.4 Å². The van der Waals surface area contributed by atoms with Crippen LogP contribution in [0.4, 0.5) is 0 Å². The summed E-state index contributed by atoms with van der Waals surface area (Å²) in [6, 6.07) is 7.52. The lowest BCUT2D eigenvalue weighted by Gasteiger charge is -2.23. The highest BCUT2D eigenvalue weighted by atomic mass is 16.5. The summed E-state index contributed by atoms with van der Waals surface area (Å²) in [5, 5.41) is 8.88. The van der Waals surface area contributed by atoms with Gasteiger partial charge in [-0.15, -0.1) is 0 Å². The molecule has 0 spiro atoms. The first-order valence-electron chi connectivity index (χ1n) is 7.24. The Morgan fingerprint density at radius 1 is 1.33 bits per heavy atom. The fourth-order valence-corrected chi connectivity index (χ4v) is 2.76. The zero-order chi connectivity index (χ0) is 15.2. The van der Waals surface area contributed by atoms with E-state index in [9.17, 15) is 9.59 Å². The number of ether oxygens (including phenoxy) is 1. The third kappa shape index (κ3) is 4.21. The number of carbonyl (C=O) groups excluding carboxylic acids is 1. The van der Waals surface area contributed by atoms with Crippen molar-refractivity contribution in [1.82, 2.24) is 4.90 Å². The van der Waals surface area contributed by atoms with Crippen LogP contribution in [-0.2, 0) is 16.0 Å². The molecule has 1 fully saturated rings. The molecule has 1 saturated heterocycles. The Hall–Kier alpha value is -2.04. The number of benzene rings is 1. The number of aliphatic carboxylic acids is 1. The molecule has 0 saturated carbocycles. The van der Waals surface area contributed by atoms with Gasteiger partial charge in [0.1, 0.15) is 5.75 Å². The monoisotopic (exact) mass is 291 g/mol. The molecule has 5 nitrogen and oxygen atoms in total. The maximum atomic E-state index is 12.2. The van der Waals surface area contributed by atoms with Gasteiger partial charge in [0, 0.05) is 19.0 Å². The summed E-state index contributed by atoms with van der Waals surface area (Å²) in [6.45, 7) is 0.680. The van der Waals surface area contributed by atoms with Gasteiger partial charge in [0.2, 0.25) is 5.91 Å². The number of likely N-dealkylation sites (tertiary alicyclic amines) is 1. The first-order chi connectivity index (χ1) is 10.1. The Bertz CT molecular complexity index is 498. The molecule has 0 aliphatic carbocycles. The summed E-state index contributed by atoms with van der Waals surface area (Å²) in [6.07, 6.45) is 2.82. The van der Waals surface area contributed by atoms with Crippen LogP contribution in [0.25, 0.3) is 0 Å². The molecule has 1 aliphatic heterocycles. The van der Waals surface area contributed by atoms with Gasteiger partial charge in [-0.05, 0) is 37.0 Å². The maximum absolute atomic E-state index is 12.2. The molecule has 1 aromatic rings. The lowest BCUT2D eigenvalue weighted by Crippen LogP contribution is -2.36. The Morgan fingerprint density at radius 3 is 2.67 bits per heavy atom. The fraction of sp³-hybridized carbons (Fsp3) is 0.500. The minimum Gasteiger partial charge on any atom is -0.497 e. The van der Waals surface area contributed by atoms with Crippen LogP contribution in [0.3, 0.4) is 0 Å². The Kier molecular flexibility index (Phi) is 5.20. The van der Waals surface area contributed by atoms with Gasteiger partial charge in [-0.2, -0.15) is 0 Å². The number of carboxylic acids is 1. The maximum Gasteiger partial charge on any atom is 0.305 e. The highest BCUT2D eigenvalue weighted by molar-refractivity contribution is 5.78. The van der Waals surface area contributed by atoms with E-state index in [1.807, 2.05) is 24.3 Å². The SMILES string of the molecule is COc1ccc(CCC(=O)N2CCC[C@H]2CC(=O)O)cc1. The van der Waals surface area contributed by atoms with E-state index in [1.54, 1.807) is 12.0 Å². The van der Waals surface area contributed by atoms with E-state index in [2.05, 4.69) is 0 Å². The summed E-state index contributed by atoms with van der Waals surface area (Å²) in [4.78, 5) is 24.8. The van der Waals surface area contributed by atoms with Gasteiger partial charge in [0.25, 0.3) is 0 Å². The van der Waals surface area contributed by atoms with Gasteiger partial charge in [-0.3, -0.25) is 9.59 Å². The summed E-state index contributed by atoms with van der Waals surface area (Å²) < 4.78 is 5.10. The van der Waals surface area contributed by atoms with Crippen LogP contribution in [0.15, 0.2) is 24.3 Å². The predicted molar refractivity (Wildman–Crippen MR) is 78.3 cm³/mol. The topological polar surface area (TPSA) is 66.8 Å². The summed E-state index contributed by atoms with van der Waals surface area (Å²) in [5.41, 5.74) is 1.08. The summed E-state index contributed by atoms with van der Waals surface area (Å²) >= 11 is 0. The summed E-state index contributed by atoms with van der Waals surface area (Å²) in [7, 11) is 1.62. The van der Waals surface area contributed by atoms with E-state index in [0.717, 1.165) is 24.2 Å². The van der Waals surface area contributed by atoms with Crippen molar-refractivity contribution >= 4 is 11.9 Å². The molecule has 1 atom stereocenters. The standard InChI is InChI=1S/C16H21NO4/c1-21-14-7-4-12(5-8-14)6-9-15(18)17-10-2-3-13(17)11-16(19)20/h4-5,7-8,13H,2-3,6,9-11H2,1H3,(H,19,20)/t13-/m0/s1. The zero-order valence-electron chi connectivity index (χ0n) is 12.2. The van der Waals surface area contributed by atoms with Crippen LogP contribution < -0.4 is 4.74 Å². The minimum atomic E-state index is -0.838. The molecule has 1 aliphatic rings. The quantitative estimate of drug-likeness (QED) is 0.871. The number of nitrogens with zero attached hydrogens (tertiary/aromatic N) is 1. The third-order valence-corrected chi connectivity index (χ3v) is 3.89. The molecule has 0 bridgehead atoms. The molecule has 1 heterocycles. The highest BCUT2D eigenvalue weighted by Crippen LogP contribution is 2.22. The van der Waals surface area contributed by atoms with Crippen LogP contribution in [0.5, 0.6) is 5.75 Å². The second kappa shape index (κ2) is 7.11. The van der Waals surface area contributed by atoms with Crippen molar-refractivity contribution in [1.29, 1.82) is 0 Å². The Morgan fingerprint density at radius 2 is 2.05 bits per heavy atom. The lowest BCUT2D eigenvalue weighted by atomic mass is 10.1. The van der Waals surface area contributed by atoms with E-state index < -0.39 is 5.97 Å². The number of methoxy groups -OCH3 is 1. The number of hydrogen-bond acceptors (Lipinski definition) is 3. The van der Waals surface area contributed by atoms with Crippen molar-refractivity contribution in [3.63, 3.8) is 0 Å². The molecule has 2 rings (SSSR count). The number of amides is 1. The molecule has 0 unspecified atom stereocenters. The first-order valence-corrected chi connectivity index (χ1v) is 7.24. The van der Waals surface area contributed by atoms with Gasteiger partial charge in [-0.1, -0.05) is 12.1 Å². The highest BCUT2D eigenvalue weighted by Gasteiger charge is 2.29. The molecule has 21 heavy (non-hydrogen) atoms. The smallest absolute Gasteiger partial charge is 0.305 e. The van der Waals surface area contributed by atoms with Crippen LogP contribution in [-0.4, -0.2) is 41.6 Å². The number of carbonyl (C=O) groups is 2. The van der Waals surface area contributed by atoms with Gasteiger partial charge >= 0.3 is 5.97 Å². The van der Waals surface area contributed by atoms with Crippen LogP contribution in [0.2, 0.25) is 0 Å². The molecular formula is C16H21NO4. The Balaban J connectivity index is 1.87. The minimum absolute atomic E-state index is 0.0499. The first kappa shape index (κ1) is 15.4. The van der Waals surface area contributed by atoms with Crippen LogP contribution >= 0.6 is 0 Å². The molecule has 0 aromatic heterocycles. The van der Waals surface area contributed by atoms with Gasteiger partial charge in [-0.25, -0.2) is 0 Å². The normalized spacial score (nSPS) is 17.8. The van der Waals surface area contributed by atoms with E-state index in [-0.39, 0.29) is 18.4 Å². The van der Waals surface area contributed by atoms with E-state index >= 15 is 0 Å². The second-order valence-electron chi connectivity index (χ2n) is 5.33. The zero-order valence-corrected chi connectivity index (χ0v) is 12.2. The summed E-state index contributed by atoms with van der Waals surface area (Å²) in [5.74, 6) is 0.00978. The largest absolute Gasteiger partial charge is 0.497 e. The molecular weight excluding hydrogens is 270 g/mol. The average molecular weight is 291 g/mol. The third-order valence-electron chi connectivity index (χ3n) is 3.89. The molecule has 1 N–H and O–H groups in total. The number of rotatable bonds is 6. The molecule has 0 radical (unpaired) electrons. The van der Waals surface area contributed by atoms with Crippen LogP contribution in [0.1, 0.15) is 31.2 Å². The fourth-order valence-electron chi connectivity index (χ4n) is 2.76. The average Bonchev–Trinajstić information content (AvgIpc) is 2.92. The van der Waals surface area contributed by atoms with E-state index in [4.69, 9.17) is 9.84 Å². The Labute approximate surface area is 124 Å². The molecule has 1 amide bonds. The predicted octanol–water partition coefficient (Wildman–Crippen LogP) is 2.09. The van der Waals surface area contributed by atoms with Crippen LogP contribution in [0, 0.1) is 0 Å².